The summed E-state index contributed by atoms with van der Waals surface area (Å²) < 4.78 is 0. The molecule has 0 N–H and O–H groups in total. The largest absolute Gasteiger partial charge is 0.337 e. The van der Waals surface area contributed by atoms with E-state index in [-0.39, 0.29) is 5.91 Å². The molecule has 0 spiro atoms. The van der Waals surface area contributed by atoms with Crippen LogP contribution < -0.4 is 0 Å². The minimum Gasteiger partial charge on any atom is -0.337 e. The Balaban J connectivity index is 2.14. The molecule has 0 saturated carbocycles. The van der Waals surface area contributed by atoms with Crippen LogP contribution in [0.5, 0.6) is 0 Å². The molecule has 2 rings (SSSR count). The zero-order valence-corrected chi connectivity index (χ0v) is 13.4. The Labute approximate surface area is 128 Å². The van der Waals surface area contributed by atoms with E-state index in [1.165, 1.54) is 5.56 Å². The fourth-order valence-corrected chi connectivity index (χ4v) is 2.58. The smallest absolute Gasteiger partial charge is 0.254 e. The fourth-order valence-electron chi connectivity index (χ4n) is 2.09. The highest BCUT2D eigenvalue weighted by atomic mass is 79.9. The predicted octanol–water partition coefficient (Wildman–Crippen LogP) is 4.16. The third-order valence-corrected chi connectivity index (χ3v) is 3.88. The van der Waals surface area contributed by atoms with Crippen molar-refractivity contribution in [1.29, 1.82) is 0 Å². The lowest BCUT2D eigenvalue weighted by atomic mass is 10.1. The maximum atomic E-state index is 12.5. The first kappa shape index (κ1) is 14.8. The second-order valence-corrected chi connectivity index (χ2v) is 5.50. The molecule has 0 aliphatic rings. The summed E-state index contributed by atoms with van der Waals surface area (Å²) in [5.74, 6) is 0.0561. The highest BCUT2D eigenvalue weighted by Gasteiger charge is 2.14. The number of carbonyl (C=O) groups excluding carboxylic acids is 1. The van der Waals surface area contributed by atoms with Crippen LogP contribution in [0, 0.1) is 6.92 Å². The van der Waals surface area contributed by atoms with Gasteiger partial charge in [0, 0.05) is 24.5 Å². The van der Waals surface area contributed by atoms with Crippen LogP contribution in [0.3, 0.4) is 0 Å². The van der Waals surface area contributed by atoms with E-state index < -0.39 is 0 Å². The Bertz CT molecular complexity index is 592. The van der Waals surface area contributed by atoms with E-state index in [0.29, 0.717) is 11.9 Å². The topological polar surface area (TPSA) is 20.3 Å². The lowest BCUT2D eigenvalue weighted by Crippen LogP contribution is -2.27. The van der Waals surface area contributed by atoms with Crippen LogP contribution in [-0.4, -0.2) is 17.9 Å². The Kier molecular flexibility index (Phi) is 4.96. The van der Waals surface area contributed by atoms with Crippen molar-refractivity contribution in [2.24, 2.45) is 0 Å². The van der Waals surface area contributed by atoms with Crippen LogP contribution in [0.4, 0.5) is 0 Å². The van der Waals surface area contributed by atoms with Crippen molar-refractivity contribution in [2.45, 2.75) is 18.8 Å². The molecule has 3 heteroatoms. The second-order valence-electron chi connectivity index (χ2n) is 4.94. The number of nitrogens with zero attached hydrogens (tertiary/aromatic N) is 1. The van der Waals surface area contributed by atoms with Gasteiger partial charge in [0.05, 0.1) is 0 Å². The van der Waals surface area contributed by atoms with Gasteiger partial charge in [0.1, 0.15) is 0 Å². The molecule has 2 nitrogen and oxygen atoms in total. The molecule has 0 unspecified atom stereocenters. The first-order valence-corrected chi connectivity index (χ1v) is 7.69. The summed E-state index contributed by atoms with van der Waals surface area (Å²) in [7, 11) is 1.84. The van der Waals surface area contributed by atoms with E-state index in [0.717, 1.165) is 16.7 Å². The monoisotopic (exact) mass is 331 g/mol. The van der Waals surface area contributed by atoms with Crippen molar-refractivity contribution in [3.63, 3.8) is 0 Å². The van der Waals surface area contributed by atoms with Crippen molar-refractivity contribution in [3.05, 3.63) is 70.8 Å². The third-order valence-electron chi connectivity index (χ3n) is 3.28. The van der Waals surface area contributed by atoms with E-state index in [1.54, 1.807) is 4.90 Å². The third kappa shape index (κ3) is 3.48. The van der Waals surface area contributed by atoms with Gasteiger partial charge in [-0.15, -0.1) is 0 Å². The molecule has 104 valence electrons. The van der Waals surface area contributed by atoms with Crippen LogP contribution in [0.15, 0.2) is 48.5 Å². The fraction of sp³-hybridized carbons (Fsp3) is 0.235. The quantitative estimate of drug-likeness (QED) is 0.770. The predicted molar refractivity (Wildman–Crippen MR) is 86.0 cm³/mol. The van der Waals surface area contributed by atoms with Crippen molar-refractivity contribution in [1.82, 2.24) is 4.90 Å². The van der Waals surface area contributed by atoms with Crippen molar-refractivity contribution in [3.8, 4) is 0 Å². The van der Waals surface area contributed by atoms with Crippen LogP contribution >= 0.6 is 15.9 Å². The summed E-state index contributed by atoms with van der Waals surface area (Å²) in [6, 6.07) is 16.0. The molecule has 2 aromatic rings. The van der Waals surface area contributed by atoms with Gasteiger partial charge in [0.2, 0.25) is 0 Å². The van der Waals surface area contributed by atoms with Gasteiger partial charge in [-0.2, -0.15) is 0 Å². The van der Waals surface area contributed by atoms with Crippen LogP contribution in [0.2, 0.25) is 0 Å². The molecule has 0 aliphatic heterocycles. The summed E-state index contributed by atoms with van der Waals surface area (Å²) in [5.41, 5.74) is 4.15. The zero-order valence-electron chi connectivity index (χ0n) is 11.8. The SMILES string of the molecule is Cc1ccc(CN(C)C(=O)c2ccccc2CBr)cc1. The molecule has 2 aromatic carbocycles. The molecule has 0 fully saturated rings. The Morgan fingerprint density at radius 3 is 2.40 bits per heavy atom. The van der Waals surface area contributed by atoms with Gasteiger partial charge in [0.15, 0.2) is 0 Å². The van der Waals surface area contributed by atoms with E-state index >= 15 is 0 Å². The molecular weight excluding hydrogens is 314 g/mol. The van der Waals surface area contributed by atoms with Gasteiger partial charge in [0.25, 0.3) is 5.91 Å². The molecule has 0 bridgehead atoms. The van der Waals surface area contributed by atoms with Gasteiger partial charge in [-0.3, -0.25) is 4.79 Å². The molecule has 0 saturated heterocycles. The Morgan fingerprint density at radius 1 is 1.10 bits per heavy atom. The van der Waals surface area contributed by atoms with Gasteiger partial charge in [-0.25, -0.2) is 0 Å². The molecule has 0 heterocycles. The molecule has 0 radical (unpaired) electrons. The average Bonchev–Trinajstić information content (AvgIpc) is 2.48. The molecule has 0 atom stereocenters. The number of alkyl halides is 1. The van der Waals surface area contributed by atoms with Gasteiger partial charge >= 0.3 is 0 Å². The Hall–Kier alpha value is -1.61. The first-order chi connectivity index (χ1) is 9.61. The maximum Gasteiger partial charge on any atom is 0.254 e. The lowest BCUT2D eigenvalue weighted by Gasteiger charge is -2.19. The lowest BCUT2D eigenvalue weighted by molar-refractivity contribution is 0.0784. The summed E-state index contributed by atoms with van der Waals surface area (Å²) in [5, 5.41) is 0.688. The van der Waals surface area contributed by atoms with E-state index in [9.17, 15) is 4.79 Å². The van der Waals surface area contributed by atoms with Gasteiger partial charge in [-0.1, -0.05) is 64.0 Å². The maximum absolute atomic E-state index is 12.5. The summed E-state index contributed by atoms with van der Waals surface area (Å²) in [6.07, 6.45) is 0. The first-order valence-electron chi connectivity index (χ1n) is 6.56. The van der Waals surface area contributed by atoms with Crippen LogP contribution in [-0.2, 0) is 11.9 Å². The van der Waals surface area contributed by atoms with Crippen molar-refractivity contribution < 1.29 is 4.79 Å². The summed E-state index contributed by atoms with van der Waals surface area (Å²) >= 11 is 3.43. The zero-order chi connectivity index (χ0) is 14.5. The standard InChI is InChI=1S/C17H18BrNO/c1-13-7-9-14(10-8-13)12-19(2)17(20)16-6-4-3-5-15(16)11-18/h3-10H,11-12H2,1-2H3. The van der Waals surface area contributed by atoms with Crippen molar-refractivity contribution in [2.75, 3.05) is 7.05 Å². The number of benzene rings is 2. The number of hydrogen-bond donors (Lipinski definition) is 0. The number of hydrogen-bond acceptors (Lipinski definition) is 1. The number of halogens is 1. The number of aryl methyl sites for hydroxylation is 1. The molecular formula is C17H18BrNO. The molecule has 0 aliphatic carbocycles. The van der Waals surface area contributed by atoms with E-state index in [1.807, 2.05) is 31.3 Å². The number of carbonyl (C=O) groups is 1. The minimum absolute atomic E-state index is 0.0561. The molecule has 1 amide bonds. The Morgan fingerprint density at radius 2 is 1.75 bits per heavy atom. The van der Waals surface area contributed by atoms with Crippen LogP contribution in [0.1, 0.15) is 27.0 Å². The second kappa shape index (κ2) is 6.71. The molecule has 0 aromatic heterocycles. The minimum atomic E-state index is 0.0561. The number of amides is 1. The summed E-state index contributed by atoms with van der Waals surface area (Å²) in [4.78, 5) is 14.3. The van der Waals surface area contributed by atoms with Gasteiger partial charge in [-0.05, 0) is 24.1 Å². The van der Waals surface area contributed by atoms with Crippen LogP contribution in [0.25, 0.3) is 0 Å². The number of rotatable bonds is 4. The average molecular weight is 332 g/mol. The normalized spacial score (nSPS) is 10.3. The van der Waals surface area contributed by atoms with E-state index in [2.05, 4.69) is 47.1 Å². The van der Waals surface area contributed by atoms with E-state index in [4.69, 9.17) is 0 Å². The van der Waals surface area contributed by atoms with Crippen molar-refractivity contribution >= 4 is 21.8 Å². The summed E-state index contributed by atoms with van der Waals surface area (Å²) in [6.45, 7) is 2.68. The highest BCUT2D eigenvalue weighted by Crippen LogP contribution is 2.16. The van der Waals surface area contributed by atoms with Gasteiger partial charge < -0.3 is 4.90 Å². The highest BCUT2D eigenvalue weighted by molar-refractivity contribution is 9.08. The molecule has 20 heavy (non-hydrogen) atoms.